The van der Waals surface area contributed by atoms with Crippen LogP contribution in [0.2, 0.25) is 0 Å². The van der Waals surface area contributed by atoms with E-state index in [2.05, 4.69) is 54.4 Å². The Morgan fingerprint density at radius 2 is 1.57 bits per heavy atom. The molecule has 13 heteroatoms. The number of hydrogen-bond donors (Lipinski definition) is 2. The Morgan fingerprint density at radius 3 is 2.35 bits per heavy atom. The van der Waals surface area contributed by atoms with Gasteiger partial charge in [0.05, 0.1) is 36.5 Å². The van der Waals surface area contributed by atoms with Gasteiger partial charge in [0.25, 0.3) is 5.91 Å². The molecule has 0 unspecified atom stereocenters. The number of amides is 2. The van der Waals surface area contributed by atoms with E-state index in [0.717, 1.165) is 87.9 Å². The van der Waals surface area contributed by atoms with Gasteiger partial charge in [0.1, 0.15) is 5.82 Å². The van der Waals surface area contributed by atoms with Crippen molar-refractivity contribution in [1.29, 1.82) is 0 Å². The molecule has 2 amide bonds. The first-order valence-corrected chi connectivity index (χ1v) is 21.5. The molecular weight excluding hydrogens is 773 g/mol. The molecule has 0 atom stereocenters. The number of fused-ring (bicyclic) bond motifs is 1. The summed E-state index contributed by atoms with van der Waals surface area (Å²) in [5.74, 6) is 0.573. The van der Waals surface area contributed by atoms with Crippen LogP contribution >= 0.6 is 11.8 Å². The molecule has 0 radical (unpaired) electrons. The number of pyridine rings is 2. The largest absolute Gasteiger partial charge is 0.378 e. The number of nitrogens with zero attached hydrogens (tertiary/aromatic N) is 6. The van der Waals surface area contributed by atoms with Gasteiger partial charge in [0, 0.05) is 105 Å². The number of hydrogen-bond acceptors (Lipinski definition) is 11. The van der Waals surface area contributed by atoms with E-state index in [1.165, 1.54) is 0 Å². The monoisotopic (exact) mass is 822 g/mol. The van der Waals surface area contributed by atoms with Crippen LogP contribution < -0.4 is 10.6 Å². The van der Waals surface area contributed by atoms with E-state index >= 15 is 0 Å². The number of para-hydroxylation sites is 1. The first kappa shape index (κ1) is 42.3. The SMILES string of the molecule is CSc1cccc2cc(C(=O)NCCOCCNC(=O)CN3CCN(Cc4ccc(C(=O)Cc5ccc(C)c(Cc6nccc(-c7cccnc7)n6)c5)cc4)CC3)cnc12. The highest BCUT2D eigenvalue weighted by atomic mass is 32.2. The van der Waals surface area contributed by atoms with Crippen LogP contribution in [0.1, 0.15) is 48.8 Å². The van der Waals surface area contributed by atoms with E-state index in [4.69, 9.17) is 9.72 Å². The van der Waals surface area contributed by atoms with E-state index in [-0.39, 0.29) is 17.6 Å². The number of aromatic nitrogens is 4. The molecule has 1 fully saturated rings. The van der Waals surface area contributed by atoms with Gasteiger partial charge in [-0.05, 0) is 65.8 Å². The van der Waals surface area contributed by atoms with Crippen LogP contribution in [0.25, 0.3) is 22.2 Å². The maximum absolute atomic E-state index is 13.3. The highest BCUT2D eigenvalue weighted by Crippen LogP contribution is 2.25. The molecule has 2 N–H and O–H groups in total. The molecule has 6 aromatic rings. The van der Waals surface area contributed by atoms with Crippen LogP contribution in [-0.2, 0) is 28.9 Å². The average Bonchev–Trinajstić information content (AvgIpc) is 3.28. The van der Waals surface area contributed by atoms with Gasteiger partial charge in [0.2, 0.25) is 5.91 Å². The molecule has 308 valence electrons. The van der Waals surface area contributed by atoms with Gasteiger partial charge in [-0.15, -0.1) is 11.8 Å². The van der Waals surface area contributed by atoms with Gasteiger partial charge in [-0.25, -0.2) is 9.97 Å². The third kappa shape index (κ3) is 11.7. The number of nitrogens with one attached hydrogen (secondary N) is 2. The minimum atomic E-state index is -0.196. The van der Waals surface area contributed by atoms with Crippen LogP contribution in [0, 0.1) is 6.92 Å². The summed E-state index contributed by atoms with van der Waals surface area (Å²) in [7, 11) is 0. The third-order valence-corrected chi connectivity index (χ3v) is 11.3. The van der Waals surface area contributed by atoms with E-state index < -0.39 is 0 Å². The fourth-order valence-electron chi connectivity index (χ4n) is 7.19. The van der Waals surface area contributed by atoms with Gasteiger partial charge >= 0.3 is 0 Å². The van der Waals surface area contributed by atoms with Gasteiger partial charge in [-0.2, -0.15) is 0 Å². The summed E-state index contributed by atoms with van der Waals surface area (Å²) < 4.78 is 5.63. The molecule has 12 nitrogen and oxygen atoms in total. The zero-order chi connectivity index (χ0) is 41.7. The number of ketones is 1. The summed E-state index contributed by atoms with van der Waals surface area (Å²) in [6.07, 6.45) is 9.81. The zero-order valence-corrected chi connectivity index (χ0v) is 34.9. The fraction of sp³-hybridized carbons (Fsp3) is 0.298. The normalized spacial score (nSPS) is 13.3. The van der Waals surface area contributed by atoms with Crippen LogP contribution in [0.5, 0.6) is 0 Å². The molecule has 1 saturated heterocycles. The average molecular weight is 823 g/mol. The molecule has 0 spiro atoms. The molecule has 1 aliphatic rings. The summed E-state index contributed by atoms with van der Waals surface area (Å²) in [5.41, 5.74) is 8.22. The standard InChI is InChI=1S/C47H50N8O4S/c1-33-8-9-35(25-39(33)28-44-49-16-14-41(53-44)38-6-4-15-48-29-38)26-42(56)36-12-10-34(11-13-36)31-54-19-21-55(22-20-54)32-45(57)50-17-23-59-24-18-51-47(58)40-27-37-5-3-7-43(60-2)46(37)52-30-40/h3-16,25,27,29-30H,17-24,26,28,31-32H2,1-2H3,(H,50,57)(H,51,58). The topological polar surface area (TPSA) is 143 Å². The van der Waals surface area contributed by atoms with Crippen molar-refractivity contribution in [2.24, 2.45) is 0 Å². The van der Waals surface area contributed by atoms with E-state index in [1.54, 1.807) is 36.5 Å². The zero-order valence-electron chi connectivity index (χ0n) is 34.1. The second-order valence-corrected chi connectivity index (χ2v) is 15.7. The number of rotatable bonds is 18. The van der Waals surface area contributed by atoms with Gasteiger partial charge in [0.15, 0.2) is 5.78 Å². The second kappa shape index (κ2) is 20.9. The number of carbonyl (C=O) groups is 3. The maximum Gasteiger partial charge on any atom is 0.252 e. The molecule has 3 aromatic carbocycles. The minimum absolute atomic E-state index is 0.0310. The van der Waals surface area contributed by atoms with Gasteiger partial charge < -0.3 is 15.4 Å². The lowest BCUT2D eigenvalue weighted by Gasteiger charge is -2.34. The molecule has 7 rings (SSSR count). The van der Waals surface area contributed by atoms with Crippen molar-refractivity contribution in [3.63, 3.8) is 0 Å². The Balaban J connectivity index is 0.771. The van der Waals surface area contributed by atoms with E-state index in [1.807, 2.05) is 79.1 Å². The second-order valence-electron chi connectivity index (χ2n) is 14.9. The molecule has 0 saturated carbocycles. The summed E-state index contributed by atoms with van der Waals surface area (Å²) in [5, 5.41) is 6.73. The minimum Gasteiger partial charge on any atom is -0.378 e. The number of thioether (sulfide) groups is 1. The van der Waals surface area contributed by atoms with Crippen LogP contribution in [-0.4, -0.2) is 113 Å². The molecule has 60 heavy (non-hydrogen) atoms. The number of ether oxygens (including phenoxy) is 1. The Labute approximate surface area is 355 Å². The number of carbonyl (C=O) groups excluding carboxylic acids is 3. The van der Waals surface area contributed by atoms with Gasteiger partial charge in [-0.3, -0.25) is 34.2 Å². The predicted molar refractivity (Wildman–Crippen MR) is 235 cm³/mol. The highest BCUT2D eigenvalue weighted by molar-refractivity contribution is 7.98. The fourth-order valence-corrected chi connectivity index (χ4v) is 7.76. The van der Waals surface area contributed by atoms with Crippen molar-refractivity contribution in [3.05, 3.63) is 149 Å². The van der Waals surface area contributed by atoms with Crippen LogP contribution in [0.3, 0.4) is 0 Å². The summed E-state index contributed by atoms with van der Waals surface area (Å²) >= 11 is 1.63. The number of piperazine rings is 1. The molecule has 0 aliphatic carbocycles. The number of benzene rings is 3. The first-order chi connectivity index (χ1) is 29.3. The Kier molecular flexibility index (Phi) is 14.7. The van der Waals surface area contributed by atoms with Crippen molar-refractivity contribution in [1.82, 2.24) is 40.4 Å². The smallest absolute Gasteiger partial charge is 0.252 e. The molecule has 0 bridgehead atoms. The van der Waals surface area contributed by atoms with E-state index in [9.17, 15) is 14.4 Å². The molecule has 1 aliphatic heterocycles. The lowest BCUT2D eigenvalue weighted by Crippen LogP contribution is -2.49. The van der Waals surface area contributed by atoms with Crippen molar-refractivity contribution >= 4 is 40.3 Å². The van der Waals surface area contributed by atoms with Crippen molar-refractivity contribution in [2.75, 3.05) is 65.3 Å². The quantitative estimate of drug-likeness (QED) is 0.0616. The van der Waals surface area contributed by atoms with Gasteiger partial charge in [-0.1, -0.05) is 54.6 Å². The summed E-state index contributed by atoms with van der Waals surface area (Å²) in [4.78, 5) is 62.1. The lowest BCUT2D eigenvalue weighted by atomic mass is 9.97. The predicted octanol–water partition coefficient (Wildman–Crippen LogP) is 5.81. The molecule has 3 aromatic heterocycles. The summed E-state index contributed by atoms with van der Waals surface area (Å²) in [6, 6.07) is 27.7. The van der Waals surface area contributed by atoms with E-state index in [0.29, 0.717) is 56.8 Å². The van der Waals surface area contributed by atoms with Crippen molar-refractivity contribution in [2.45, 2.75) is 31.2 Å². The van der Waals surface area contributed by atoms with Crippen molar-refractivity contribution < 1.29 is 19.1 Å². The number of aryl methyl sites for hydroxylation is 1. The first-order valence-electron chi connectivity index (χ1n) is 20.2. The van der Waals surface area contributed by atoms with Crippen LogP contribution in [0.15, 0.2) is 115 Å². The van der Waals surface area contributed by atoms with Crippen LogP contribution in [0.4, 0.5) is 0 Å². The Bertz CT molecular complexity index is 2410. The molecular formula is C47H50N8O4S. The maximum atomic E-state index is 13.3. The Hall–Kier alpha value is -5.86. The number of Topliss-reactive ketones (excluding diaryl/α,β-unsaturated/α-hetero) is 1. The third-order valence-electron chi connectivity index (χ3n) is 10.6. The van der Waals surface area contributed by atoms with Crippen molar-refractivity contribution in [3.8, 4) is 11.3 Å². The Morgan fingerprint density at radius 1 is 0.783 bits per heavy atom. The highest BCUT2D eigenvalue weighted by Gasteiger charge is 2.19. The lowest BCUT2D eigenvalue weighted by molar-refractivity contribution is -0.122. The summed E-state index contributed by atoms with van der Waals surface area (Å²) in [6.45, 7) is 7.97. The molecule has 4 heterocycles.